The molecule has 2 aromatic rings. The first-order valence-corrected chi connectivity index (χ1v) is 8.00. The number of nitrogens with zero attached hydrogens (tertiary/aromatic N) is 2. The van der Waals surface area contributed by atoms with Gasteiger partial charge in [0.2, 0.25) is 11.7 Å². The number of halogens is 1. The van der Waals surface area contributed by atoms with Gasteiger partial charge in [-0.15, -0.1) is 11.3 Å². The van der Waals surface area contributed by atoms with Crippen LogP contribution in [0, 0.1) is 0 Å². The zero-order chi connectivity index (χ0) is 11.7. The lowest BCUT2D eigenvalue weighted by Crippen LogP contribution is -2.30. The average molecular weight is 332 g/mol. The molecule has 0 saturated carbocycles. The van der Waals surface area contributed by atoms with E-state index in [0.29, 0.717) is 11.7 Å². The summed E-state index contributed by atoms with van der Waals surface area (Å²) < 4.78 is 6.40. The second-order valence-electron chi connectivity index (χ2n) is 3.64. The molecule has 1 fully saturated rings. The Morgan fingerprint density at radius 3 is 3.12 bits per heavy atom. The average Bonchev–Trinajstić information content (AvgIpc) is 2.98. The van der Waals surface area contributed by atoms with Gasteiger partial charge in [-0.05, 0) is 28.1 Å². The van der Waals surface area contributed by atoms with Crippen LogP contribution in [0.5, 0.6) is 0 Å². The quantitative estimate of drug-likeness (QED) is 0.916. The van der Waals surface area contributed by atoms with Crippen molar-refractivity contribution >= 4 is 39.0 Å². The Morgan fingerprint density at radius 2 is 2.41 bits per heavy atom. The molecule has 3 rings (SSSR count). The minimum absolute atomic E-state index is 0.193. The molecule has 0 spiro atoms. The lowest BCUT2D eigenvalue weighted by atomic mass is 10.3. The summed E-state index contributed by atoms with van der Waals surface area (Å²) in [6.45, 7) is 0.998. The summed E-state index contributed by atoms with van der Waals surface area (Å²) in [6, 6.07) is 4.18. The molecule has 1 aliphatic heterocycles. The topological polar surface area (TPSA) is 51.0 Å². The molecule has 17 heavy (non-hydrogen) atoms. The Labute approximate surface area is 115 Å². The highest BCUT2D eigenvalue weighted by molar-refractivity contribution is 9.11. The zero-order valence-corrected chi connectivity index (χ0v) is 12.1. The lowest BCUT2D eigenvalue weighted by molar-refractivity contribution is 0.342. The van der Waals surface area contributed by atoms with Crippen LogP contribution in [0.25, 0.3) is 10.7 Å². The number of hydrogen-bond donors (Lipinski definition) is 1. The maximum Gasteiger partial charge on any atom is 0.244 e. The highest BCUT2D eigenvalue weighted by Gasteiger charge is 2.22. The van der Waals surface area contributed by atoms with E-state index in [1.54, 1.807) is 11.3 Å². The number of aromatic nitrogens is 2. The second kappa shape index (κ2) is 5.09. The van der Waals surface area contributed by atoms with Gasteiger partial charge in [0.1, 0.15) is 0 Å². The third-order valence-corrected chi connectivity index (χ3v) is 5.14. The maximum absolute atomic E-state index is 5.32. The van der Waals surface area contributed by atoms with Crippen LogP contribution in [0.3, 0.4) is 0 Å². The minimum atomic E-state index is 0.193. The van der Waals surface area contributed by atoms with E-state index in [0.717, 1.165) is 26.7 Å². The first kappa shape index (κ1) is 11.7. The first-order chi connectivity index (χ1) is 8.33. The van der Waals surface area contributed by atoms with E-state index in [-0.39, 0.29) is 6.04 Å². The van der Waals surface area contributed by atoms with E-state index in [1.165, 1.54) is 0 Å². The number of thioether (sulfide) groups is 1. The molecule has 0 amide bonds. The Morgan fingerprint density at radius 1 is 1.47 bits per heavy atom. The molecule has 3 heterocycles. The standard InChI is InChI=1S/C10H10BrN3OS2/c11-8-2-1-7(17-8)9-13-10(15-14-9)6-5-16-4-3-12-6/h1-2,6,12H,3-5H2. The molecule has 0 bridgehead atoms. The van der Waals surface area contributed by atoms with Crippen LogP contribution in [-0.4, -0.2) is 28.2 Å². The Bertz CT molecular complexity index is 507. The summed E-state index contributed by atoms with van der Waals surface area (Å²) in [7, 11) is 0. The van der Waals surface area contributed by atoms with Crippen molar-refractivity contribution in [2.45, 2.75) is 6.04 Å². The van der Waals surface area contributed by atoms with Gasteiger partial charge in [0.05, 0.1) is 14.7 Å². The van der Waals surface area contributed by atoms with Gasteiger partial charge < -0.3 is 9.84 Å². The summed E-state index contributed by atoms with van der Waals surface area (Å²) in [5.74, 6) is 3.51. The summed E-state index contributed by atoms with van der Waals surface area (Å²) in [4.78, 5) is 5.48. The molecule has 4 nitrogen and oxygen atoms in total. The van der Waals surface area contributed by atoms with Crippen molar-refractivity contribution in [3.63, 3.8) is 0 Å². The SMILES string of the molecule is Brc1ccc(-c2noc(C3CSCCN3)n2)s1. The monoisotopic (exact) mass is 331 g/mol. The molecule has 1 unspecified atom stereocenters. The molecular weight excluding hydrogens is 322 g/mol. The van der Waals surface area contributed by atoms with Crippen molar-refractivity contribution in [3.05, 3.63) is 21.8 Å². The van der Waals surface area contributed by atoms with Crippen molar-refractivity contribution < 1.29 is 4.52 Å². The number of rotatable bonds is 2. The van der Waals surface area contributed by atoms with Crippen LogP contribution in [0.15, 0.2) is 20.4 Å². The molecule has 1 saturated heterocycles. The molecule has 1 N–H and O–H groups in total. The van der Waals surface area contributed by atoms with Crippen LogP contribution >= 0.6 is 39.0 Å². The fourth-order valence-corrected chi connectivity index (χ4v) is 3.87. The van der Waals surface area contributed by atoms with E-state index in [1.807, 2.05) is 23.9 Å². The number of hydrogen-bond acceptors (Lipinski definition) is 6. The van der Waals surface area contributed by atoms with Gasteiger partial charge in [-0.1, -0.05) is 5.16 Å². The smallest absolute Gasteiger partial charge is 0.244 e. The fraction of sp³-hybridized carbons (Fsp3) is 0.400. The Hall–Kier alpha value is -0.370. The van der Waals surface area contributed by atoms with Gasteiger partial charge in [-0.25, -0.2) is 0 Å². The van der Waals surface area contributed by atoms with E-state index in [2.05, 4.69) is 31.4 Å². The molecule has 2 aromatic heterocycles. The van der Waals surface area contributed by atoms with Gasteiger partial charge in [0.15, 0.2) is 0 Å². The summed E-state index contributed by atoms with van der Waals surface area (Å²) in [5, 5.41) is 7.41. The van der Waals surface area contributed by atoms with E-state index >= 15 is 0 Å². The molecule has 90 valence electrons. The Balaban J connectivity index is 1.82. The predicted octanol–water partition coefficient (Wildman–Crippen LogP) is 2.94. The lowest BCUT2D eigenvalue weighted by Gasteiger charge is -2.19. The molecule has 0 aliphatic carbocycles. The summed E-state index contributed by atoms with van der Waals surface area (Å²) in [5.41, 5.74) is 0. The molecule has 0 radical (unpaired) electrons. The normalized spacial score (nSPS) is 20.6. The predicted molar refractivity (Wildman–Crippen MR) is 73.4 cm³/mol. The van der Waals surface area contributed by atoms with Gasteiger partial charge >= 0.3 is 0 Å². The van der Waals surface area contributed by atoms with E-state index < -0.39 is 0 Å². The number of nitrogens with one attached hydrogen (secondary N) is 1. The third kappa shape index (κ3) is 2.57. The van der Waals surface area contributed by atoms with Gasteiger partial charge in [0.25, 0.3) is 0 Å². The van der Waals surface area contributed by atoms with E-state index in [9.17, 15) is 0 Å². The summed E-state index contributed by atoms with van der Waals surface area (Å²) in [6.07, 6.45) is 0. The zero-order valence-electron chi connectivity index (χ0n) is 8.85. The van der Waals surface area contributed by atoms with Crippen molar-refractivity contribution in [2.24, 2.45) is 0 Å². The number of thiophene rings is 1. The highest BCUT2D eigenvalue weighted by Crippen LogP contribution is 2.30. The van der Waals surface area contributed by atoms with Crippen molar-refractivity contribution in [3.8, 4) is 10.7 Å². The van der Waals surface area contributed by atoms with Crippen LogP contribution < -0.4 is 5.32 Å². The molecule has 1 atom stereocenters. The highest BCUT2D eigenvalue weighted by atomic mass is 79.9. The van der Waals surface area contributed by atoms with Crippen molar-refractivity contribution in [2.75, 3.05) is 18.1 Å². The molecule has 1 aliphatic rings. The van der Waals surface area contributed by atoms with Gasteiger partial charge in [-0.2, -0.15) is 16.7 Å². The Kier molecular flexibility index (Phi) is 3.51. The van der Waals surface area contributed by atoms with Crippen LogP contribution in [0.4, 0.5) is 0 Å². The molecule has 7 heteroatoms. The van der Waals surface area contributed by atoms with Crippen molar-refractivity contribution in [1.29, 1.82) is 0 Å². The minimum Gasteiger partial charge on any atom is -0.337 e. The largest absolute Gasteiger partial charge is 0.337 e. The fourth-order valence-electron chi connectivity index (χ4n) is 1.64. The van der Waals surface area contributed by atoms with Gasteiger partial charge in [-0.3, -0.25) is 0 Å². The first-order valence-electron chi connectivity index (χ1n) is 5.23. The van der Waals surface area contributed by atoms with Crippen molar-refractivity contribution in [1.82, 2.24) is 15.5 Å². The maximum atomic E-state index is 5.32. The third-order valence-electron chi connectivity index (χ3n) is 2.46. The second-order valence-corrected chi connectivity index (χ2v) is 7.25. The molecule has 0 aromatic carbocycles. The van der Waals surface area contributed by atoms with Crippen LogP contribution in [-0.2, 0) is 0 Å². The molecular formula is C10H10BrN3OS2. The van der Waals surface area contributed by atoms with Crippen LogP contribution in [0.1, 0.15) is 11.9 Å². The van der Waals surface area contributed by atoms with Crippen LogP contribution in [0.2, 0.25) is 0 Å². The van der Waals surface area contributed by atoms with E-state index in [4.69, 9.17) is 4.52 Å². The van der Waals surface area contributed by atoms with Gasteiger partial charge in [0, 0.05) is 18.1 Å². The summed E-state index contributed by atoms with van der Waals surface area (Å²) >= 11 is 6.95.